The molecule has 5 heteroatoms. The normalized spacial score (nSPS) is 17.6. The van der Waals surface area contributed by atoms with Crippen LogP contribution in [0.25, 0.3) is 0 Å². The molecule has 0 aromatic heterocycles. The number of piperidine rings is 1. The molecule has 1 fully saturated rings. The van der Waals surface area contributed by atoms with Crippen LogP contribution in [0.4, 0.5) is 5.69 Å². The molecule has 1 saturated heterocycles. The standard InChI is InChI=1S/C13H18N2O3/c14-10-1-3-11(4-2-10)18-12-5-7-15(8-6-12)9-13(16)17/h1-4,12H,5-9,14H2,(H,16,17). The highest BCUT2D eigenvalue weighted by Crippen LogP contribution is 2.19. The summed E-state index contributed by atoms with van der Waals surface area (Å²) in [7, 11) is 0. The van der Waals surface area contributed by atoms with Crippen molar-refractivity contribution >= 4 is 11.7 Å². The van der Waals surface area contributed by atoms with E-state index in [1.54, 1.807) is 0 Å². The summed E-state index contributed by atoms with van der Waals surface area (Å²) in [6.45, 7) is 1.66. The number of hydrogen-bond donors (Lipinski definition) is 2. The summed E-state index contributed by atoms with van der Waals surface area (Å²) < 4.78 is 5.83. The Labute approximate surface area is 106 Å². The lowest BCUT2D eigenvalue weighted by Crippen LogP contribution is -2.40. The van der Waals surface area contributed by atoms with Crippen molar-refractivity contribution in [1.29, 1.82) is 0 Å². The number of hydrogen-bond acceptors (Lipinski definition) is 4. The lowest BCUT2D eigenvalue weighted by Gasteiger charge is -2.31. The molecule has 3 N–H and O–H groups in total. The lowest BCUT2D eigenvalue weighted by molar-refractivity contribution is -0.138. The summed E-state index contributed by atoms with van der Waals surface area (Å²) in [5.41, 5.74) is 6.33. The Morgan fingerprint density at radius 3 is 2.50 bits per heavy atom. The molecule has 98 valence electrons. The molecule has 0 bridgehead atoms. The fourth-order valence-electron chi connectivity index (χ4n) is 2.12. The molecule has 2 rings (SSSR count). The zero-order chi connectivity index (χ0) is 13.0. The van der Waals surface area contributed by atoms with Gasteiger partial charge >= 0.3 is 5.97 Å². The van der Waals surface area contributed by atoms with Crippen molar-refractivity contribution in [3.05, 3.63) is 24.3 Å². The van der Waals surface area contributed by atoms with E-state index in [0.717, 1.165) is 37.4 Å². The monoisotopic (exact) mass is 250 g/mol. The van der Waals surface area contributed by atoms with Gasteiger partial charge in [0.15, 0.2) is 0 Å². The Bertz CT molecular complexity index is 397. The van der Waals surface area contributed by atoms with Gasteiger partial charge in [-0.15, -0.1) is 0 Å². The molecule has 0 radical (unpaired) electrons. The lowest BCUT2D eigenvalue weighted by atomic mass is 10.1. The molecule has 0 atom stereocenters. The van der Waals surface area contributed by atoms with Gasteiger partial charge in [0, 0.05) is 18.8 Å². The van der Waals surface area contributed by atoms with Gasteiger partial charge in [0.05, 0.1) is 6.54 Å². The fraction of sp³-hybridized carbons (Fsp3) is 0.462. The first-order valence-corrected chi connectivity index (χ1v) is 6.10. The highest BCUT2D eigenvalue weighted by Gasteiger charge is 2.21. The summed E-state index contributed by atoms with van der Waals surface area (Å²) in [4.78, 5) is 12.5. The molecular formula is C13H18N2O3. The number of carboxylic acid groups (broad SMARTS) is 1. The van der Waals surface area contributed by atoms with Gasteiger partial charge in [0.2, 0.25) is 0 Å². The van der Waals surface area contributed by atoms with Gasteiger partial charge in [-0.3, -0.25) is 9.69 Å². The molecule has 1 aromatic rings. The molecule has 0 saturated carbocycles. The summed E-state index contributed by atoms with van der Waals surface area (Å²) in [6.07, 6.45) is 1.88. The van der Waals surface area contributed by atoms with Gasteiger partial charge in [-0.25, -0.2) is 0 Å². The van der Waals surface area contributed by atoms with Gasteiger partial charge < -0.3 is 15.6 Å². The van der Waals surface area contributed by atoms with Gasteiger partial charge in [-0.1, -0.05) is 0 Å². The molecule has 0 aliphatic carbocycles. The number of anilines is 1. The number of rotatable bonds is 4. The number of carbonyl (C=O) groups is 1. The Morgan fingerprint density at radius 1 is 1.33 bits per heavy atom. The number of ether oxygens (including phenoxy) is 1. The molecule has 1 heterocycles. The maximum absolute atomic E-state index is 10.6. The molecule has 1 aromatic carbocycles. The van der Waals surface area contributed by atoms with Gasteiger partial charge in [-0.05, 0) is 37.1 Å². The number of carboxylic acids is 1. The zero-order valence-electron chi connectivity index (χ0n) is 10.2. The van der Waals surface area contributed by atoms with Crippen LogP contribution >= 0.6 is 0 Å². The van der Waals surface area contributed by atoms with Crippen LogP contribution < -0.4 is 10.5 Å². The van der Waals surface area contributed by atoms with Crippen LogP contribution in [-0.4, -0.2) is 41.7 Å². The SMILES string of the molecule is Nc1ccc(OC2CCN(CC(=O)O)CC2)cc1. The van der Waals surface area contributed by atoms with E-state index in [2.05, 4.69) is 0 Å². The summed E-state index contributed by atoms with van der Waals surface area (Å²) in [5.74, 6) is 0.0498. The molecule has 18 heavy (non-hydrogen) atoms. The number of nitrogen functional groups attached to an aromatic ring is 1. The third kappa shape index (κ3) is 3.63. The largest absolute Gasteiger partial charge is 0.490 e. The van der Waals surface area contributed by atoms with Crippen molar-refractivity contribution in [2.75, 3.05) is 25.4 Å². The first-order valence-electron chi connectivity index (χ1n) is 6.10. The number of aliphatic carboxylic acids is 1. The second-order valence-corrected chi connectivity index (χ2v) is 4.56. The van der Waals surface area contributed by atoms with E-state index in [-0.39, 0.29) is 12.6 Å². The average molecular weight is 250 g/mol. The van der Waals surface area contributed by atoms with Crippen molar-refractivity contribution in [3.8, 4) is 5.75 Å². The van der Waals surface area contributed by atoms with Crippen LogP contribution in [0.2, 0.25) is 0 Å². The minimum Gasteiger partial charge on any atom is -0.490 e. The van der Waals surface area contributed by atoms with Crippen molar-refractivity contribution in [2.45, 2.75) is 18.9 Å². The predicted octanol–water partition coefficient (Wildman–Crippen LogP) is 1.20. The highest BCUT2D eigenvalue weighted by molar-refractivity contribution is 5.69. The second kappa shape index (κ2) is 5.73. The molecule has 0 spiro atoms. The number of nitrogens with two attached hydrogens (primary N) is 1. The number of nitrogens with zero attached hydrogens (tertiary/aromatic N) is 1. The molecule has 1 aliphatic rings. The van der Waals surface area contributed by atoms with Gasteiger partial charge in [-0.2, -0.15) is 0 Å². The van der Waals surface area contributed by atoms with Crippen molar-refractivity contribution in [3.63, 3.8) is 0 Å². The Morgan fingerprint density at radius 2 is 1.94 bits per heavy atom. The van der Waals surface area contributed by atoms with E-state index in [1.165, 1.54) is 0 Å². The first kappa shape index (κ1) is 12.7. The third-order valence-electron chi connectivity index (χ3n) is 3.08. The van der Waals surface area contributed by atoms with E-state index in [4.69, 9.17) is 15.6 Å². The van der Waals surface area contributed by atoms with E-state index >= 15 is 0 Å². The van der Waals surface area contributed by atoms with Crippen LogP contribution in [0.15, 0.2) is 24.3 Å². The molecule has 0 amide bonds. The minimum absolute atomic E-state index is 0.120. The van der Waals surface area contributed by atoms with E-state index in [9.17, 15) is 4.79 Å². The van der Waals surface area contributed by atoms with Crippen LogP contribution in [0.1, 0.15) is 12.8 Å². The smallest absolute Gasteiger partial charge is 0.317 e. The summed E-state index contributed by atoms with van der Waals surface area (Å²) >= 11 is 0. The second-order valence-electron chi connectivity index (χ2n) is 4.56. The Hall–Kier alpha value is -1.75. The van der Waals surface area contributed by atoms with E-state index in [0.29, 0.717) is 0 Å². The molecule has 5 nitrogen and oxygen atoms in total. The molecule has 0 unspecified atom stereocenters. The average Bonchev–Trinajstić information content (AvgIpc) is 2.34. The summed E-state index contributed by atoms with van der Waals surface area (Å²) in [6, 6.07) is 7.35. The van der Waals surface area contributed by atoms with Gasteiger partial charge in [0.1, 0.15) is 11.9 Å². The van der Waals surface area contributed by atoms with Crippen molar-refractivity contribution in [2.24, 2.45) is 0 Å². The Balaban J connectivity index is 1.79. The predicted molar refractivity (Wildman–Crippen MR) is 68.6 cm³/mol. The maximum atomic E-state index is 10.6. The fourth-order valence-corrected chi connectivity index (χ4v) is 2.12. The van der Waals surface area contributed by atoms with Gasteiger partial charge in [0.25, 0.3) is 0 Å². The quantitative estimate of drug-likeness (QED) is 0.785. The zero-order valence-corrected chi connectivity index (χ0v) is 10.2. The highest BCUT2D eigenvalue weighted by atomic mass is 16.5. The summed E-state index contributed by atoms with van der Waals surface area (Å²) in [5, 5.41) is 8.71. The first-order chi connectivity index (χ1) is 8.63. The number of benzene rings is 1. The number of likely N-dealkylation sites (tertiary alicyclic amines) is 1. The molecule has 1 aliphatic heterocycles. The molecular weight excluding hydrogens is 232 g/mol. The van der Waals surface area contributed by atoms with Crippen LogP contribution in [0.5, 0.6) is 5.75 Å². The Kier molecular flexibility index (Phi) is 4.04. The van der Waals surface area contributed by atoms with Crippen molar-refractivity contribution in [1.82, 2.24) is 4.90 Å². The third-order valence-corrected chi connectivity index (χ3v) is 3.08. The minimum atomic E-state index is -0.770. The van der Waals surface area contributed by atoms with E-state index in [1.807, 2.05) is 29.2 Å². The van der Waals surface area contributed by atoms with Crippen molar-refractivity contribution < 1.29 is 14.6 Å². The van der Waals surface area contributed by atoms with Crippen LogP contribution in [0, 0.1) is 0 Å². The van der Waals surface area contributed by atoms with Crippen LogP contribution in [0.3, 0.4) is 0 Å². The van der Waals surface area contributed by atoms with Crippen LogP contribution in [-0.2, 0) is 4.79 Å². The van der Waals surface area contributed by atoms with E-state index < -0.39 is 5.97 Å². The maximum Gasteiger partial charge on any atom is 0.317 e. The topological polar surface area (TPSA) is 75.8 Å².